The Balaban J connectivity index is 1.65. The number of benzene rings is 1. The molecular weight excluding hydrogens is 300 g/mol. The average Bonchev–Trinajstić information content (AvgIpc) is 3.17. The van der Waals surface area contributed by atoms with Crippen molar-refractivity contribution in [2.24, 2.45) is 5.92 Å². The van der Waals surface area contributed by atoms with Gasteiger partial charge in [-0.3, -0.25) is 15.0 Å². The lowest BCUT2D eigenvalue weighted by molar-refractivity contribution is -0.384. The van der Waals surface area contributed by atoms with Crippen molar-refractivity contribution in [2.45, 2.75) is 26.0 Å². The number of likely N-dealkylation sites (tertiary alicyclic amines) is 1. The molecule has 0 spiro atoms. The van der Waals surface area contributed by atoms with E-state index in [0.29, 0.717) is 23.8 Å². The maximum atomic E-state index is 10.7. The summed E-state index contributed by atoms with van der Waals surface area (Å²) in [6.45, 7) is 4.06. The zero-order valence-electron chi connectivity index (χ0n) is 12.8. The van der Waals surface area contributed by atoms with Crippen molar-refractivity contribution in [1.82, 2.24) is 15.0 Å². The number of rotatable bonds is 5. The third-order valence-corrected chi connectivity index (χ3v) is 4.15. The van der Waals surface area contributed by atoms with Gasteiger partial charge in [-0.05, 0) is 37.9 Å². The number of non-ortho nitro benzene ring substituents is 1. The van der Waals surface area contributed by atoms with Gasteiger partial charge in [0.1, 0.15) is 0 Å². The molecule has 1 saturated heterocycles. The topological polar surface area (TPSA) is 106 Å². The lowest BCUT2D eigenvalue weighted by Gasteiger charge is -2.15. The number of aliphatic hydroxyl groups excluding tert-OH is 1. The summed E-state index contributed by atoms with van der Waals surface area (Å²) in [6.07, 6.45) is 0.652. The van der Waals surface area contributed by atoms with Gasteiger partial charge >= 0.3 is 0 Å². The second-order valence-electron chi connectivity index (χ2n) is 5.84. The van der Waals surface area contributed by atoms with Gasteiger partial charge in [0, 0.05) is 24.2 Å². The smallest absolute Gasteiger partial charge is 0.269 e. The first-order chi connectivity index (χ1) is 11.0. The van der Waals surface area contributed by atoms with Crippen LogP contribution in [0.2, 0.25) is 0 Å². The molecule has 23 heavy (non-hydrogen) atoms. The highest BCUT2D eigenvalue weighted by Gasteiger charge is 2.27. The van der Waals surface area contributed by atoms with E-state index in [-0.39, 0.29) is 17.7 Å². The van der Waals surface area contributed by atoms with Crippen molar-refractivity contribution in [1.29, 1.82) is 0 Å². The van der Waals surface area contributed by atoms with Gasteiger partial charge in [-0.15, -0.1) is 0 Å². The fourth-order valence-corrected chi connectivity index (χ4v) is 2.76. The van der Waals surface area contributed by atoms with Crippen LogP contribution in [0.1, 0.15) is 19.2 Å². The first-order valence-electron chi connectivity index (χ1n) is 7.51. The number of nitro groups is 1. The highest BCUT2D eigenvalue weighted by Crippen LogP contribution is 2.23. The van der Waals surface area contributed by atoms with E-state index in [1.807, 2.05) is 6.92 Å². The second kappa shape index (κ2) is 6.43. The van der Waals surface area contributed by atoms with Crippen LogP contribution in [0.15, 0.2) is 28.8 Å². The largest absolute Gasteiger partial charge is 0.393 e. The normalized spacial score (nSPS) is 19.8. The fourth-order valence-electron chi connectivity index (χ4n) is 2.76. The lowest BCUT2D eigenvalue weighted by atomic mass is 10.0. The monoisotopic (exact) mass is 318 g/mol. The Morgan fingerprint density at radius 3 is 2.83 bits per heavy atom. The molecule has 2 atom stereocenters. The zero-order valence-corrected chi connectivity index (χ0v) is 12.8. The Hall–Kier alpha value is -2.32. The highest BCUT2D eigenvalue weighted by atomic mass is 16.6. The Labute approximate surface area is 132 Å². The minimum atomic E-state index is -0.447. The van der Waals surface area contributed by atoms with Gasteiger partial charge in [0.15, 0.2) is 0 Å². The Kier molecular flexibility index (Phi) is 4.35. The van der Waals surface area contributed by atoms with Gasteiger partial charge in [0.05, 0.1) is 17.6 Å². The minimum Gasteiger partial charge on any atom is -0.393 e. The Morgan fingerprint density at radius 2 is 2.22 bits per heavy atom. The van der Waals surface area contributed by atoms with E-state index >= 15 is 0 Å². The molecule has 1 aliphatic rings. The van der Waals surface area contributed by atoms with E-state index in [1.54, 1.807) is 12.1 Å². The molecular formula is C15H18N4O4. The number of nitrogens with zero attached hydrogens (tertiary/aromatic N) is 4. The van der Waals surface area contributed by atoms with Crippen LogP contribution in [0, 0.1) is 16.0 Å². The SMILES string of the molecule is CC(O)C1CCN(Cc2nc(-c3ccc([N+](=O)[O-])cc3)no2)C1. The molecule has 2 heterocycles. The predicted octanol–water partition coefficient (Wildman–Crippen LogP) is 1.85. The molecule has 0 amide bonds. The molecule has 2 unspecified atom stereocenters. The molecule has 8 nitrogen and oxygen atoms in total. The van der Waals surface area contributed by atoms with Crippen molar-refractivity contribution in [3.8, 4) is 11.4 Å². The molecule has 0 bridgehead atoms. The van der Waals surface area contributed by atoms with Crippen molar-refractivity contribution < 1.29 is 14.6 Å². The van der Waals surface area contributed by atoms with Crippen LogP contribution in [-0.2, 0) is 6.54 Å². The molecule has 8 heteroatoms. The standard InChI is InChI=1S/C15H18N4O4/c1-10(20)12-6-7-18(8-12)9-14-16-15(17-23-14)11-2-4-13(5-3-11)19(21)22/h2-5,10,12,20H,6-9H2,1H3. The number of hydrogen-bond acceptors (Lipinski definition) is 7. The van der Waals surface area contributed by atoms with Crippen molar-refractivity contribution in [3.63, 3.8) is 0 Å². The number of nitro benzene ring substituents is 1. The van der Waals surface area contributed by atoms with E-state index in [0.717, 1.165) is 19.5 Å². The summed E-state index contributed by atoms with van der Waals surface area (Å²) in [5, 5.41) is 24.2. The van der Waals surface area contributed by atoms with Crippen LogP contribution < -0.4 is 0 Å². The summed E-state index contributed by atoms with van der Waals surface area (Å²) >= 11 is 0. The Morgan fingerprint density at radius 1 is 1.48 bits per heavy atom. The molecule has 1 aromatic heterocycles. The summed E-state index contributed by atoms with van der Waals surface area (Å²) in [7, 11) is 0. The van der Waals surface area contributed by atoms with E-state index in [9.17, 15) is 15.2 Å². The van der Waals surface area contributed by atoms with Crippen LogP contribution in [0.25, 0.3) is 11.4 Å². The molecule has 0 aliphatic carbocycles. The predicted molar refractivity (Wildman–Crippen MR) is 81.5 cm³/mol. The number of hydrogen-bond donors (Lipinski definition) is 1. The van der Waals surface area contributed by atoms with E-state index in [1.165, 1.54) is 12.1 Å². The van der Waals surface area contributed by atoms with Gasteiger partial charge in [-0.2, -0.15) is 4.98 Å². The van der Waals surface area contributed by atoms with Crippen LogP contribution in [0.5, 0.6) is 0 Å². The van der Waals surface area contributed by atoms with Crippen molar-refractivity contribution in [3.05, 3.63) is 40.3 Å². The van der Waals surface area contributed by atoms with Crippen LogP contribution in [0.4, 0.5) is 5.69 Å². The third-order valence-electron chi connectivity index (χ3n) is 4.15. The van der Waals surface area contributed by atoms with Crippen LogP contribution >= 0.6 is 0 Å². The van der Waals surface area contributed by atoms with Crippen molar-refractivity contribution >= 4 is 5.69 Å². The maximum absolute atomic E-state index is 10.7. The van der Waals surface area contributed by atoms with E-state index in [4.69, 9.17) is 4.52 Å². The molecule has 1 N–H and O–H groups in total. The van der Waals surface area contributed by atoms with Crippen molar-refractivity contribution in [2.75, 3.05) is 13.1 Å². The highest BCUT2D eigenvalue weighted by molar-refractivity contribution is 5.56. The van der Waals surface area contributed by atoms with E-state index < -0.39 is 4.92 Å². The summed E-state index contributed by atoms with van der Waals surface area (Å²) in [5.74, 6) is 1.21. The zero-order chi connectivity index (χ0) is 16.4. The Bertz CT molecular complexity index is 683. The van der Waals surface area contributed by atoms with E-state index in [2.05, 4.69) is 15.0 Å². The summed E-state index contributed by atoms with van der Waals surface area (Å²) in [4.78, 5) is 16.7. The maximum Gasteiger partial charge on any atom is 0.269 e. The molecule has 1 aliphatic heterocycles. The first kappa shape index (κ1) is 15.6. The van der Waals surface area contributed by atoms with Crippen LogP contribution in [-0.4, -0.2) is 44.3 Å². The quantitative estimate of drug-likeness (QED) is 0.662. The van der Waals surface area contributed by atoms with Gasteiger partial charge in [-0.25, -0.2) is 0 Å². The summed E-state index contributed by atoms with van der Waals surface area (Å²) in [6, 6.07) is 6.04. The number of aromatic nitrogens is 2. The molecule has 2 aromatic rings. The molecule has 0 radical (unpaired) electrons. The molecule has 122 valence electrons. The fraction of sp³-hybridized carbons (Fsp3) is 0.467. The minimum absolute atomic E-state index is 0.0266. The molecule has 0 saturated carbocycles. The summed E-state index contributed by atoms with van der Waals surface area (Å²) < 4.78 is 5.26. The second-order valence-corrected chi connectivity index (χ2v) is 5.84. The first-order valence-corrected chi connectivity index (χ1v) is 7.51. The molecule has 1 fully saturated rings. The van der Waals surface area contributed by atoms with Gasteiger partial charge in [0.2, 0.25) is 11.7 Å². The number of aliphatic hydroxyl groups is 1. The molecule has 1 aromatic carbocycles. The molecule has 3 rings (SSSR count). The van der Waals surface area contributed by atoms with Gasteiger partial charge in [0.25, 0.3) is 5.69 Å². The summed E-state index contributed by atoms with van der Waals surface area (Å²) in [5.41, 5.74) is 0.701. The van der Waals surface area contributed by atoms with Crippen LogP contribution in [0.3, 0.4) is 0 Å². The van der Waals surface area contributed by atoms with Gasteiger partial charge in [-0.1, -0.05) is 5.16 Å². The van der Waals surface area contributed by atoms with Gasteiger partial charge < -0.3 is 9.63 Å². The lowest BCUT2D eigenvalue weighted by Crippen LogP contribution is -2.24. The third kappa shape index (κ3) is 3.54. The average molecular weight is 318 g/mol.